The van der Waals surface area contributed by atoms with Crippen molar-refractivity contribution < 1.29 is 14.4 Å². The van der Waals surface area contributed by atoms with Crippen LogP contribution in [0.15, 0.2) is 0 Å². The van der Waals surface area contributed by atoms with E-state index in [2.05, 4.69) is 16.0 Å². The van der Waals surface area contributed by atoms with Gasteiger partial charge < -0.3 is 15.5 Å². The Morgan fingerprint density at radius 1 is 1.20 bits per heavy atom. The number of likely N-dealkylation sites (tertiary alicyclic amines) is 1. The van der Waals surface area contributed by atoms with E-state index < -0.39 is 11.6 Å². The lowest BCUT2D eigenvalue weighted by atomic mass is 9.87. The van der Waals surface area contributed by atoms with Crippen molar-refractivity contribution in [2.75, 3.05) is 19.6 Å². The van der Waals surface area contributed by atoms with E-state index in [1.807, 2.05) is 4.90 Å². The fourth-order valence-corrected chi connectivity index (χ4v) is 3.27. The molecule has 0 saturated carbocycles. The minimum Gasteiger partial charge on any atom is -0.341 e. The number of nitrogens with zero attached hydrogens (tertiary/aromatic N) is 1. The Bertz CT molecular complexity index is 437. The molecule has 3 rings (SSSR count). The summed E-state index contributed by atoms with van der Waals surface area (Å²) < 4.78 is 0. The third-order valence-electron chi connectivity index (χ3n) is 4.55. The standard InChI is InChI=1S/C13H20N4O3/c18-10(9-3-1-2-6-14-9)17-7-4-13(5-8-17)11(19)15-12(20)16-13/h9,14H,1-8H2,(H2,15,16,19,20)/t9-/m0/s1. The SMILES string of the molecule is O=C1NC(=O)C2(CCN(C(=O)[C@@H]3CCCCN3)CC2)N1. The summed E-state index contributed by atoms with van der Waals surface area (Å²) in [5.74, 6) is -0.130. The van der Waals surface area contributed by atoms with E-state index in [0.717, 1.165) is 25.8 Å². The van der Waals surface area contributed by atoms with Crippen molar-refractivity contribution in [2.45, 2.75) is 43.7 Å². The van der Waals surface area contributed by atoms with Crippen molar-refractivity contribution in [3.8, 4) is 0 Å². The summed E-state index contributed by atoms with van der Waals surface area (Å²) in [4.78, 5) is 37.3. The Morgan fingerprint density at radius 3 is 2.50 bits per heavy atom. The van der Waals surface area contributed by atoms with Gasteiger partial charge in [0, 0.05) is 13.1 Å². The molecular formula is C13H20N4O3. The lowest BCUT2D eigenvalue weighted by Crippen LogP contribution is -2.58. The summed E-state index contributed by atoms with van der Waals surface area (Å²) in [6.45, 7) is 1.93. The fraction of sp³-hybridized carbons (Fsp3) is 0.769. The number of amides is 4. The minimum absolute atomic E-state index is 0.0789. The highest BCUT2D eigenvalue weighted by molar-refractivity contribution is 6.07. The molecule has 0 unspecified atom stereocenters. The number of hydrogen-bond donors (Lipinski definition) is 3. The maximum Gasteiger partial charge on any atom is 0.322 e. The summed E-state index contributed by atoms with van der Waals surface area (Å²) in [5.41, 5.74) is -0.798. The molecule has 4 amide bonds. The van der Waals surface area contributed by atoms with Gasteiger partial charge in [-0.25, -0.2) is 4.79 Å². The number of nitrogens with one attached hydrogen (secondary N) is 3. The van der Waals surface area contributed by atoms with E-state index in [-0.39, 0.29) is 17.9 Å². The molecule has 20 heavy (non-hydrogen) atoms. The molecule has 3 fully saturated rings. The van der Waals surface area contributed by atoms with Crippen LogP contribution in [0.2, 0.25) is 0 Å². The van der Waals surface area contributed by atoms with Crippen molar-refractivity contribution >= 4 is 17.8 Å². The van der Waals surface area contributed by atoms with Crippen LogP contribution in [0.1, 0.15) is 32.1 Å². The molecule has 0 aromatic rings. The zero-order valence-corrected chi connectivity index (χ0v) is 11.4. The maximum absolute atomic E-state index is 12.4. The van der Waals surface area contributed by atoms with Crippen LogP contribution in [0.25, 0.3) is 0 Å². The Labute approximate surface area is 117 Å². The summed E-state index contributed by atoms with van der Waals surface area (Å²) in [7, 11) is 0. The van der Waals surface area contributed by atoms with Crippen molar-refractivity contribution in [1.29, 1.82) is 0 Å². The van der Waals surface area contributed by atoms with Crippen molar-refractivity contribution in [3.63, 3.8) is 0 Å². The quantitative estimate of drug-likeness (QED) is 0.556. The highest BCUT2D eigenvalue weighted by atomic mass is 16.2. The first kappa shape index (κ1) is 13.4. The van der Waals surface area contributed by atoms with E-state index in [4.69, 9.17) is 0 Å². The number of piperidine rings is 2. The first-order valence-electron chi connectivity index (χ1n) is 7.26. The number of rotatable bonds is 1. The largest absolute Gasteiger partial charge is 0.341 e. The van der Waals surface area contributed by atoms with Crippen LogP contribution in [0.5, 0.6) is 0 Å². The minimum atomic E-state index is -0.798. The van der Waals surface area contributed by atoms with Crippen LogP contribution in [0, 0.1) is 0 Å². The van der Waals surface area contributed by atoms with Gasteiger partial charge in [-0.3, -0.25) is 14.9 Å². The smallest absolute Gasteiger partial charge is 0.322 e. The van der Waals surface area contributed by atoms with Crippen molar-refractivity contribution in [3.05, 3.63) is 0 Å². The predicted octanol–water partition coefficient (Wildman–Crippen LogP) is -0.671. The van der Waals surface area contributed by atoms with Gasteiger partial charge >= 0.3 is 6.03 Å². The van der Waals surface area contributed by atoms with E-state index in [1.54, 1.807) is 0 Å². The highest BCUT2D eigenvalue weighted by Gasteiger charge is 2.48. The van der Waals surface area contributed by atoms with Crippen molar-refractivity contribution in [2.24, 2.45) is 0 Å². The Morgan fingerprint density at radius 2 is 1.95 bits per heavy atom. The summed E-state index contributed by atoms with van der Waals surface area (Å²) >= 11 is 0. The molecule has 110 valence electrons. The maximum atomic E-state index is 12.4. The van der Waals surface area contributed by atoms with E-state index in [0.29, 0.717) is 25.9 Å². The average Bonchev–Trinajstić information content (AvgIpc) is 2.74. The van der Waals surface area contributed by atoms with Gasteiger partial charge in [-0.1, -0.05) is 6.42 Å². The Balaban J connectivity index is 1.59. The Hall–Kier alpha value is -1.63. The third kappa shape index (κ3) is 2.26. The molecule has 1 atom stereocenters. The lowest BCUT2D eigenvalue weighted by Gasteiger charge is -2.39. The van der Waals surface area contributed by atoms with Crippen LogP contribution in [0.3, 0.4) is 0 Å². The third-order valence-corrected chi connectivity index (χ3v) is 4.55. The van der Waals surface area contributed by atoms with E-state index in [1.165, 1.54) is 0 Å². The second-order valence-corrected chi connectivity index (χ2v) is 5.82. The second-order valence-electron chi connectivity index (χ2n) is 5.82. The lowest BCUT2D eigenvalue weighted by molar-refractivity contribution is -0.138. The summed E-state index contributed by atoms with van der Waals surface area (Å²) in [5, 5.41) is 8.24. The number of urea groups is 1. The molecule has 3 aliphatic rings. The number of imide groups is 1. The predicted molar refractivity (Wildman–Crippen MR) is 70.9 cm³/mol. The van der Waals surface area contributed by atoms with Gasteiger partial charge in [-0.05, 0) is 32.2 Å². The summed E-state index contributed by atoms with van der Waals surface area (Å²) in [6, 6.07) is -0.506. The molecule has 7 nitrogen and oxygen atoms in total. The van der Waals surface area contributed by atoms with Gasteiger partial charge in [0.25, 0.3) is 5.91 Å². The molecule has 3 aliphatic heterocycles. The molecule has 3 heterocycles. The van der Waals surface area contributed by atoms with Crippen LogP contribution in [0.4, 0.5) is 4.79 Å². The molecule has 0 aromatic heterocycles. The normalized spacial score (nSPS) is 29.2. The van der Waals surface area contributed by atoms with Gasteiger partial charge in [0.15, 0.2) is 0 Å². The number of hydrogen-bond acceptors (Lipinski definition) is 4. The van der Waals surface area contributed by atoms with Crippen LogP contribution in [-0.2, 0) is 9.59 Å². The van der Waals surface area contributed by atoms with Gasteiger partial charge in [-0.15, -0.1) is 0 Å². The molecule has 0 bridgehead atoms. The zero-order chi connectivity index (χ0) is 14.2. The van der Waals surface area contributed by atoms with Crippen molar-refractivity contribution in [1.82, 2.24) is 20.9 Å². The van der Waals surface area contributed by atoms with Gasteiger partial charge in [0.1, 0.15) is 5.54 Å². The molecule has 0 radical (unpaired) electrons. The fourth-order valence-electron chi connectivity index (χ4n) is 3.27. The first-order valence-corrected chi connectivity index (χ1v) is 7.26. The molecule has 7 heteroatoms. The van der Waals surface area contributed by atoms with Gasteiger partial charge in [0.05, 0.1) is 6.04 Å². The molecule has 3 N–H and O–H groups in total. The molecule has 0 aromatic carbocycles. The van der Waals surface area contributed by atoms with Gasteiger partial charge in [0.2, 0.25) is 5.91 Å². The molecule has 3 saturated heterocycles. The van der Waals surface area contributed by atoms with Crippen LogP contribution in [-0.4, -0.2) is 54.0 Å². The average molecular weight is 280 g/mol. The second kappa shape index (κ2) is 5.05. The molecular weight excluding hydrogens is 260 g/mol. The Kier molecular flexibility index (Phi) is 3.37. The number of carbonyl (C=O) groups is 3. The topological polar surface area (TPSA) is 90.5 Å². The van der Waals surface area contributed by atoms with Crippen LogP contribution >= 0.6 is 0 Å². The van der Waals surface area contributed by atoms with Gasteiger partial charge in [-0.2, -0.15) is 0 Å². The zero-order valence-electron chi connectivity index (χ0n) is 11.4. The highest BCUT2D eigenvalue weighted by Crippen LogP contribution is 2.26. The summed E-state index contributed by atoms with van der Waals surface area (Å²) in [6.07, 6.45) is 4.07. The molecule has 1 spiro atoms. The monoisotopic (exact) mass is 280 g/mol. The molecule has 0 aliphatic carbocycles. The number of carbonyl (C=O) groups excluding carboxylic acids is 3. The van der Waals surface area contributed by atoms with E-state index >= 15 is 0 Å². The van der Waals surface area contributed by atoms with E-state index in [9.17, 15) is 14.4 Å². The first-order chi connectivity index (χ1) is 9.61. The van der Waals surface area contributed by atoms with Crippen LogP contribution < -0.4 is 16.0 Å².